The van der Waals surface area contributed by atoms with Gasteiger partial charge in [0.1, 0.15) is 22.0 Å². The van der Waals surface area contributed by atoms with E-state index in [2.05, 4.69) is 4.98 Å². The molecular weight excluding hydrogens is 676 g/mol. The number of benzene rings is 2. The van der Waals surface area contributed by atoms with Crippen LogP contribution in [0.1, 0.15) is 65.0 Å². The number of methoxy groups -OCH3 is 2. The molecule has 1 saturated carbocycles. The summed E-state index contributed by atoms with van der Waals surface area (Å²) >= 11 is 1.08. The topological polar surface area (TPSA) is 133 Å². The predicted molar refractivity (Wildman–Crippen MR) is 182 cm³/mol. The molecule has 1 atom stereocenters. The van der Waals surface area contributed by atoms with Gasteiger partial charge in [0.2, 0.25) is 0 Å². The number of thiazole rings is 1. The standard InChI is InChI=1S/C34H41FN4O8S2/c1-21(34(13-14-34)23-11-16-37(17-12-23)31(40)47-33(2,3)4)39-25-9-10-27(28(35)29(25)46-32(39)41)49(42,43)38(30-36-15-18-48-30)20-22-7-8-24(44-5)19-26(22)45-6/h7-10,15,18-19,21,23H,11-14,16-17,20H2,1-6H3. The second-order valence-electron chi connectivity index (χ2n) is 13.6. The van der Waals surface area contributed by atoms with Crippen LogP contribution in [0.15, 0.2) is 56.0 Å². The van der Waals surface area contributed by atoms with Crippen LogP contribution in [0.25, 0.3) is 11.1 Å². The number of sulfonamides is 1. The van der Waals surface area contributed by atoms with Crippen molar-refractivity contribution < 1.29 is 36.2 Å². The van der Waals surface area contributed by atoms with Crippen LogP contribution in [0, 0.1) is 17.2 Å². The summed E-state index contributed by atoms with van der Waals surface area (Å²) in [5.41, 5.74) is -0.553. The number of hydrogen-bond donors (Lipinski definition) is 0. The van der Waals surface area contributed by atoms with Gasteiger partial charge in [-0.2, -0.15) is 0 Å². The van der Waals surface area contributed by atoms with Crippen LogP contribution in [0.5, 0.6) is 11.5 Å². The van der Waals surface area contributed by atoms with Gasteiger partial charge in [0.25, 0.3) is 10.0 Å². The maximum Gasteiger partial charge on any atom is 0.420 e. The first-order valence-electron chi connectivity index (χ1n) is 16.1. The highest BCUT2D eigenvalue weighted by Crippen LogP contribution is 2.62. The number of carbonyl (C=O) groups excluding carboxylic acids is 1. The van der Waals surface area contributed by atoms with Crippen molar-refractivity contribution in [1.29, 1.82) is 0 Å². The van der Waals surface area contributed by atoms with Gasteiger partial charge in [0.05, 0.1) is 26.3 Å². The maximum absolute atomic E-state index is 16.4. The fourth-order valence-electron chi connectivity index (χ4n) is 7.00. The predicted octanol–water partition coefficient (Wildman–Crippen LogP) is 6.59. The van der Waals surface area contributed by atoms with E-state index in [1.807, 2.05) is 27.7 Å². The van der Waals surface area contributed by atoms with E-state index in [4.69, 9.17) is 18.6 Å². The fraction of sp³-hybridized carbons (Fsp3) is 0.500. The molecule has 0 radical (unpaired) electrons. The first-order chi connectivity index (χ1) is 23.2. The van der Waals surface area contributed by atoms with E-state index in [1.54, 1.807) is 28.5 Å². The summed E-state index contributed by atoms with van der Waals surface area (Å²) in [7, 11) is -1.59. The number of likely N-dealkylation sites (tertiary alicyclic amines) is 1. The van der Waals surface area contributed by atoms with Gasteiger partial charge >= 0.3 is 11.8 Å². The van der Waals surface area contributed by atoms with Crippen LogP contribution in [-0.2, 0) is 21.3 Å². The molecule has 49 heavy (non-hydrogen) atoms. The summed E-state index contributed by atoms with van der Waals surface area (Å²) in [5.74, 6) is -0.779. The van der Waals surface area contributed by atoms with E-state index in [1.165, 1.54) is 37.1 Å². The van der Waals surface area contributed by atoms with Gasteiger partial charge in [-0.05, 0) is 89.0 Å². The lowest BCUT2D eigenvalue weighted by atomic mass is 9.77. The zero-order valence-corrected chi connectivity index (χ0v) is 30.0. The molecule has 2 aromatic carbocycles. The Hall–Kier alpha value is -4.11. The summed E-state index contributed by atoms with van der Waals surface area (Å²) in [5, 5.41) is 1.75. The number of hydrogen-bond acceptors (Lipinski definition) is 10. The van der Waals surface area contributed by atoms with Gasteiger partial charge in [0, 0.05) is 42.3 Å². The van der Waals surface area contributed by atoms with Crippen molar-refractivity contribution in [1.82, 2.24) is 14.5 Å². The average Bonchev–Trinajstić information content (AvgIpc) is 3.55. The van der Waals surface area contributed by atoms with E-state index in [-0.39, 0.29) is 40.7 Å². The zero-order valence-electron chi connectivity index (χ0n) is 28.4. The lowest BCUT2D eigenvalue weighted by Gasteiger charge is -2.39. The number of anilines is 1. The van der Waals surface area contributed by atoms with Crippen LogP contribution in [0.3, 0.4) is 0 Å². The molecule has 264 valence electrons. The minimum Gasteiger partial charge on any atom is -0.497 e. The quantitative estimate of drug-likeness (QED) is 0.178. The lowest BCUT2D eigenvalue weighted by molar-refractivity contribution is 0.0130. The zero-order chi connectivity index (χ0) is 35.3. The summed E-state index contributed by atoms with van der Waals surface area (Å²) in [6.45, 7) is 8.32. The van der Waals surface area contributed by atoms with Crippen molar-refractivity contribution in [3.8, 4) is 11.5 Å². The third kappa shape index (κ3) is 6.50. The van der Waals surface area contributed by atoms with Crippen molar-refractivity contribution in [2.75, 3.05) is 31.6 Å². The summed E-state index contributed by atoms with van der Waals surface area (Å²) in [6, 6.07) is 7.23. The molecule has 1 unspecified atom stereocenters. The normalized spacial score (nSPS) is 17.2. The molecule has 12 nitrogen and oxygen atoms in total. The monoisotopic (exact) mass is 716 g/mol. The molecule has 4 aromatic rings. The van der Waals surface area contributed by atoms with E-state index >= 15 is 4.39 Å². The van der Waals surface area contributed by atoms with Gasteiger partial charge < -0.3 is 23.5 Å². The third-order valence-corrected chi connectivity index (χ3v) is 12.4. The van der Waals surface area contributed by atoms with E-state index in [0.717, 1.165) is 41.3 Å². The number of carbonyl (C=O) groups is 1. The number of aromatic nitrogens is 2. The Balaban J connectivity index is 1.29. The first kappa shape index (κ1) is 34.7. The van der Waals surface area contributed by atoms with Crippen LogP contribution < -0.4 is 19.5 Å². The number of piperidine rings is 1. The third-order valence-electron chi connectivity index (χ3n) is 9.70. The van der Waals surface area contributed by atoms with Crippen molar-refractivity contribution in [3.63, 3.8) is 0 Å². The molecule has 15 heteroatoms. The number of oxazole rings is 1. The molecule has 1 aliphatic heterocycles. The van der Waals surface area contributed by atoms with Gasteiger partial charge in [0.15, 0.2) is 16.5 Å². The molecular formula is C34H41FN4O8S2. The van der Waals surface area contributed by atoms with Crippen molar-refractivity contribution in [3.05, 3.63) is 63.8 Å². The Morgan fingerprint density at radius 2 is 1.88 bits per heavy atom. The molecule has 0 N–H and O–H groups in total. The van der Waals surface area contributed by atoms with E-state index < -0.39 is 37.7 Å². The van der Waals surface area contributed by atoms with Crippen molar-refractivity contribution >= 4 is 43.7 Å². The lowest BCUT2D eigenvalue weighted by Crippen LogP contribution is -2.44. The number of amides is 1. The maximum atomic E-state index is 16.4. The molecule has 1 amide bonds. The second kappa shape index (κ2) is 13.0. The van der Waals surface area contributed by atoms with Crippen LogP contribution in [-0.4, -0.2) is 61.9 Å². The number of halogens is 1. The van der Waals surface area contributed by atoms with Crippen molar-refractivity contribution in [2.24, 2.45) is 11.3 Å². The highest BCUT2D eigenvalue weighted by atomic mass is 32.2. The Labute approximate surface area is 288 Å². The summed E-state index contributed by atoms with van der Waals surface area (Å²) in [4.78, 5) is 31.3. The molecule has 6 rings (SSSR count). The molecule has 2 aliphatic rings. The van der Waals surface area contributed by atoms with Crippen molar-refractivity contribution in [2.45, 2.75) is 76.5 Å². The SMILES string of the molecule is COc1ccc(CN(c2nccs2)S(=O)(=O)c2ccc3c(oc(=O)n3C(C)C3(C4CCN(C(=O)OC(C)(C)C)CC4)CC3)c2F)c(OC)c1. The van der Waals surface area contributed by atoms with Crippen LogP contribution in [0.2, 0.25) is 0 Å². The molecule has 3 heterocycles. The Kier molecular flexibility index (Phi) is 9.20. The number of ether oxygens (including phenoxy) is 3. The van der Waals surface area contributed by atoms with Gasteiger partial charge in [-0.15, -0.1) is 11.3 Å². The Bertz CT molecular complexity index is 2010. The summed E-state index contributed by atoms with van der Waals surface area (Å²) < 4.78 is 69.0. The van der Waals surface area contributed by atoms with E-state index in [0.29, 0.717) is 30.2 Å². The number of fused-ring (bicyclic) bond motifs is 1. The number of rotatable bonds is 10. The largest absolute Gasteiger partial charge is 0.497 e. The fourth-order valence-corrected chi connectivity index (χ4v) is 9.33. The van der Waals surface area contributed by atoms with Crippen LogP contribution >= 0.6 is 11.3 Å². The average molecular weight is 717 g/mol. The first-order valence-corrected chi connectivity index (χ1v) is 18.5. The van der Waals surface area contributed by atoms with Gasteiger partial charge in [-0.3, -0.25) is 4.57 Å². The second-order valence-corrected chi connectivity index (χ2v) is 16.3. The Morgan fingerprint density at radius 3 is 2.47 bits per heavy atom. The highest BCUT2D eigenvalue weighted by Gasteiger charge is 2.55. The Morgan fingerprint density at radius 1 is 1.16 bits per heavy atom. The highest BCUT2D eigenvalue weighted by molar-refractivity contribution is 7.93. The smallest absolute Gasteiger partial charge is 0.420 e. The van der Waals surface area contributed by atoms with Gasteiger partial charge in [-0.25, -0.2) is 31.7 Å². The molecule has 0 bridgehead atoms. The molecule has 0 spiro atoms. The minimum absolute atomic E-state index is 0.124. The summed E-state index contributed by atoms with van der Waals surface area (Å²) in [6.07, 6.45) is 4.36. The molecule has 1 aliphatic carbocycles. The molecule has 1 saturated heterocycles. The minimum atomic E-state index is -4.56. The van der Waals surface area contributed by atoms with Gasteiger partial charge in [-0.1, -0.05) is 0 Å². The molecule has 2 fully saturated rings. The molecule has 2 aromatic heterocycles. The van der Waals surface area contributed by atoms with E-state index in [9.17, 15) is 18.0 Å². The number of nitrogens with zero attached hydrogens (tertiary/aromatic N) is 4. The van der Waals surface area contributed by atoms with Crippen LogP contribution in [0.4, 0.5) is 14.3 Å².